The lowest BCUT2D eigenvalue weighted by atomic mass is 10.1. The normalized spacial score (nSPS) is 16.1. The molecule has 1 aromatic rings. The van der Waals surface area contributed by atoms with Gasteiger partial charge in [-0.1, -0.05) is 12.1 Å². The summed E-state index contributed by atoms with van der Waals surface area (Å²) in [4.78, 5) is 0. The van der Waals surface area contributed by atoms with Crippen molar-refractivity contribution in [1.29, 1.82) is 0 Å². The molecule has 2 rings (SSSR count). The van der Waals surface area contributed by atoms with Gasteiger partial charge in [0, 0.05) is 19.1 Å². The Morgan fingerprint density at radius 2 is 2.33 bits per heavy atom. The smallest absolute Gasteiger partial charge is 0.119 e. The summed E-state index contributed by atoms with van der Waals surface area (Å²) < 4.78 is 5.18. The molecule has 0 saturated carbocycles. The Hall–Kier alpha value is -1.06. The molecule has 3 heteroatoms. The summed E-state index contributed by atoms with van der Waals surface area (Å²) in [6.07, 6.45) is 1.06. The molecule has 1 fully saturated rings. The van der Waals surface area contributed by atoms with Gasteiger partial charge in [-0.15, -0.1) is 0 Å². The maximum Gasteiger partial charge on any atom is 0.119 e. The van der Waals surface area contributed by atoms with E-state index in [9.17, 15) is 0 Å². The Balaban J connectivity index is 1.76. The van der Waals surface area contributed by atoms with Crippen molar-refractivity contribution in [2.24, 2.45) is 0 Å². The number of ether oxygens (including phenoxy) is 1. The van der Waals surface area contributed by atoms with Crippen molar-refractivity contribution in [1.82, 2.24) is 10.6 Å². The van der Waals surface area contributed by atoms with Crippen molar-refractivity contribution in [3.63, 3.8) is 0 Å². The van der Waals surface area contributed by atoms with E-state index in [4.69, 9.17) is 4.74 Å². The van der Waals surface area contributed by atoms with E-state index < -0.39 is 0 Å². The highest BCUT2D eigenvalue weighted by atomic mass is 16.5. The van der Waals surface area contributed by atoms with E-state index in [0.717, 1.165) is 31.8 Å². The molecule has 0 unspecified atom stereocenters. The molecule has 0 bridgehead atoms. The van der Waals surface area contributed by atoms with Gasteiger partial charge in [0.05, 0.1) is 7.11 Å². The van der Waals surface area contributed by atoms with Gasteiger partial charge in [-0.05, 0) is 30.7 Å². The van der Waals surface area contributed by atoms with Gasteiger partial charge in [0.25, 0.3) is 0 Å². The molecule has 1 heterocycles. The molecule has 0 aromatic heterocycles. The Morgan fingerprint density at radius 3 is 3.00 bits per heavy atom. The van der Waals surface area contributed by atoms with Crippen LogP contribution in [0.4, 0.5) is 0 Å². The first-order valence-corrected chi connectivity index (χ1v) is 5.45. The molecule has 1 aromatic carbocycles. The first kappa shape index (κ1) is 10.5. The summed E-state index contributed by atoms with van der Waals surface area (Å²) in [5, 5.41) is 6.75. The van der Waals surface area contributed by atoms with E-state index in [1.165, 1.54) is 5.56 Å². The topological polar surface area (TPSA) is 33.3 Å². The van der Waals surface area contributed by atoms with E-state index in [-0.39, 0.29) is 0 Å². The number of benzene rings is 1. The largest absolute Gasteiger partial charge is 0.497 e. The van der Waals surface area contributed by atoms with Crippen LogP contribution in [0.25, 0.3) is 0 Å². The molecule has 15 heavy (non-hydrogen) atoms. The molecule has 1 saturated heterocycles. The fourth-order valence-corrected chi connectivity index (χ4v) is 1.68. The van der Waals surface area contributed by atoms with Crippen molar-refractivity contribution in [3.05, 3.63) is 29.8 Å². The van der Waals surface area contributed by atoms with Crippen LogP contribution in [-0.4, -0.2) is 32.8 Å². The molecule has 0 radical (unpaired) electrons. The molecule has 0 amide bonds. The molecular weight excluding hydrogens is 188 g/mol. The van der Waals surface area contributed by atoms with Crippen molar-refractivity contribution >= 4 is 0 Å². The molecule has 2 N–H and O–H groups in total. The van der Waals surface area contributed by atoms with Crippen LogP contribution in [-0.2, 0) is 6.42 Å². The predicted molar refractivity (Wildman–Crippen MR) is 61.4 cm³/mol. The molecule has 1 aliphatic rings. The summed E-state index contributed by atoms with van der Waals surface area (Å²) in [7, 11) is 1.71. The van der Waals surface area contributed by atoms with Gasteiger partial charge < -0.3 is 15.4 Å². The molecule has 3 nitrogen and oxygen atoms in total. The number of nitrogens with one attached hydrogen (secondary N) is 2. The Bertz CT molecular complexity index is 310. The molecule has 0 aliphatic carbocycles. The molecule has 0 atom stereocenters. The highest BCUT2D eigenvalue weighted by molar-refractivity contribution is 5.28. The number of methoxy groups -OCH3 is 1. The third-order valence-corrected chi connectivity index (χ3v) is 2.76. The Kier molecular flexibility index (Phi) is 3.59. The number of rotatable bonds is 5. The lowest BCUT2D eigenvalue weighted by Gasteiger charge is -2.28. The fourth-order valence-electron chi connectivity index (χ4n) is 1.68. The maximum atomic E-state index is 5.18. The second kappa shape index (κ2) is 5.14. The summed E-state index contributed by atoms with van der Waals surface area (Å²) in [5.74, 6) is 0.942. The highest BCUT2D eigenvalue weighted by Gasteiger charge is 2.14. The van der Waals surface area contributed by atoms with Gasteiger partial charge in [-0.25, -0.2) is 0 Å². The zero-order valence-corrected chi connectivity index (χ0v) is 9.12. The first-order chi connectivity index (χ1) is 7.38. The van der Waals surface area contributed by atoms with Crippen LogP contribution in [0.1, 0.15) is 5.56 Å². The monoisotopic (exact) mass is 206 g/mol. The van der Waals surface area contributed by atoms with Crippen LogP contribution in [0.2, 0.25) is 0 Å². The molecule has 0 spiro atoms. The lowest BCUT2D eigenvalue weighted by Crippen LogP contribution is -2.55. The third kappa shape index (κ3) is 2.94. The number of hydrogen-bond donors (Lipinski definition) is 2. The maximum absolute atomic E-state index is 5.18. The van der Waals surface area contributed by atoms with E-state index in [1.54, 1.807) is 7.11 Å². The van der Waals surface area contributed by atoms with Gasteiger partial charge in [0.2, 0.25) is 0 Å². The second-order valence-corrected chi connectivity index (χ2v) is 3.91. The summed E-state index contributed by atoms with van der Waals surface area (Å²) >= 11 is 0. The minimum atomic E-state index is 0.676. The summed E-state index contributed by atoms with van der Waals surface area (Å²) in [6.45, 7) is 3.26. The van der Waals surface area contributed by atoms with Crippen molar-refractivity contribution in [3.8, 4) is 5.75 Å². The van der Waals surface area contributed by atoms with Crippen LogP contribution in [0.15, 0.2) is 24.3 Å². The quantitative estimate of drug-likeness (QED) is 0.747. The minimum absolute atomic E-state index is 0.676. The van der Waals surface area contributed by atoms with Crippen LogP contribution >= 0.6 is 0 Å². The summed E-state index contributed by atoms with van der Waals surface area (Å²) in [5.41, 5.74) is 1.33. The Labute approximate surface area is 90.8 Å². The zero-order chi connectivity index (χ0) is 10.5. The van der Waals surface area contributed by atoms with E-state index in [2.05, 4.69) is 22.8 Å². The lowest BCUT2D eigenvalue weighted by molar-refractivity contribution is 0.369. The van der Waals surface area contributed by atoms with Gasteiger partial charge in [0.15, 0.2) is 0 Å². The standard InChI is InChI=1S/C12H18N2O/c1-15-12-4-2-3-10(7-12)5-6-14-11-8-13-9-11/h2-4,7,11,13-14H,5-6,8-9H2,1H3. The predicted octanol–water partition coefficient (Wildman–Crippen LogP) is 0.799. The molecular formula is C12H18N2O. The van der Waals surface area contributed by atoms with Gasteiger partial charge >= 0.3 is 0 Å². The summed E-state index contributed by atoms with van der Waals surface area (Å²) in [6, 6.07) is 8.94. The van der Waals surface area contributed by atoms with Crippen molar-refractivity contribution in [2.75, 3.05) is 26.7 Å². The highest BCUT2D eigenvalue weighted by Crippen LogP contribution is 2.12. The van der Waals surface area contributed by atoms with Gasteiger partial charge in [0.1, 0.15) is 5.75 Å². The zero-order valence-electron chi connectivity index (χ0n) is 9.12. The average molecular weight is 206 g/mol. The SMILES string of the molecule is COc1cccc(CCNC2CNC2)c1. The van der Waals surface area contributed by atoms with Crippen molar-refractivity contribution in [2.45, 2.75) is 12.5 Å². The average Bonchev–Trinajstić information content (AvgIpc) is 2.22. The first-order valence-electron chi connectivity index (χ1n) is 5.45. The van der Waals surface area contributed by atoms with Crippen LogP contribution in [0.3, 0.4) is 0 Å². The molecule has 1 aliphatic heterocycles. The van der Waals surface area contributed by atoms with Crippen LogP contribution in [0, 0.1) is 0 Å². The number of hydrogen-bond acceptors (Lipinski definition) is 3. The van der Waals surface area contributed by atoms with E-state index >= 15 is 0 Å². The third-order valence-electron chi connectivity index (χ3n) is 2.76. The van der Waals surface area contributed by atoms with Crippen LogP contribution in [0.5, 0.6) is 5.75 Å². The minimum Gasteiger partial charge on any atom is -0.497 e. The second-order valence-electron chi connectivity index (χ2n) is 3.91. The Morgan fingerprint density at radius 1 is 1.47 bits per heavy atom. The van der Waals surface area contributed by atoms with Crippen molar-refractivity contribution < 1.29 is 4.74 Å². The van der Waals surface area contributed by atoms with Gasteiger partial charge in [-0.2, -0.15) is 0 Å². The van der Waals surface area contributed by atoms with E-state index in [0.29, 0.717) is 6.04 Å². The van der Waals surface area contributed by atoms with Gasteiger partial charge in [-0.3, -0.25) is 0 Å². The molecule has 82 valence electrons. The van der Waals surface area contributed by atoms with E-state index in [1.807, 2.05) is 12.1 Å². The fraction of sp³-hybridized carbons (Fsp3) is 0.500. The van der Waals surface area contributed by atoms with Crippen LogP contribution < -0.4 is 15.4 Å².